The van der Waals surface area contributed by atoms with Crippen molar-refractivity contribution < 1.29 is 23.6 Å². The predicted octanol–water partition coefficient (Wildman–Crippen LogP) is 3.03. The van der Waals surface area contributed by atoms with Crippen LogP contribution >= 0.6 is 0 Å². The van der Waals surface area contributed by atoms with Gasteiger partial charge in [0.25, 0.3) is 11.8 Å². The number of aromatic nitrogens is 1. The third-order valence-electron chi connectivity index (χ3n) is 4.17. The maximum atomic E-state index is 12.5. The number of nitrogens with zero attached hydrogens (tertiary/aromatic N) is 1. The molecule has 0 aliphatic heterocycles. The Labute approximate surface area is 173 Å². The van der Waals surface area contributed by atoms with Gasteiger partial charge in [0, 0.05) is 11.6 Å². The zero-order valence-corrected chi connectivity index (χ0v) is 16.3. The predicted molar refractivity (Wildman–Crippen MR) is 109 cm³/mol. The molecule has 1 atom stereocenters. The van der Waals surface area contributed by atoms with Crippen LogP contribution in [0.5, 0.6) is 0 Å². The van der Waals surface area contributed by atoms with Crippen LogP contribution < -0.4 is 10.6 Å². The number of nitrogens with one attached hydrogen (secondary N) is 2. The molecule has 0 saturated carbocycles. The van der Waals surface area contributed by atoms with Crippen molar-refractivity contribution in [3.05, 3.63) is 83.6 Å². The molecule has 2 aromatic carbocycles. The summed E-state index contributed by atoms with van der Waals surface area (Å²) in [4.78, 5) is 36.8. The molecule has 0 aliphatic carbocycles. The first-order valence-corrected chi connectivity index (χ1v) is 9.31. The van der Waals surface area contributed by atoms with E-state index in [1.54, 1.807) is 37.3 Å². The van der Waals surface area contributed by atoms with E-state index in [9.17, 15) is 14.4 Å². The van der Waals surface area contributed by atoms with Gasteiger partial charge in [0.2, 0.25) is 0 Å². The lowest BCUT2D eigenvalue weighted by Gasteiger charge is -2.18. The maximum Gasteiger partial charge on any atom is 0.308 e. The van der Waals surface area contributed by atoms with E-state index in [0.29, 0.717) is 11.3 Å². The molecule has 0 spiro atoms. The second-order valence-electron chi connectivity index (χ2n) is 6.54. The fraction of sp³-hybridized carbons (Fsp3) is 0.182. The van der Waals surface area contributed by atoms with E-state index in [1.165, 1.54) is 0 Å². The fourth-order valence-corrected chi connectivity index (χ4v) is 2.74. The van der Waals surface area contributed by atoms with Gasteiger partial charge in [0.1, 0.15) is 5.76 Å². The summed E-state index contributed by atoms with van der Waals surface area (Å²) in [6.07, 6.45) is -0.126. The number of carbonyl (C=O) groups is 3. The molecule has 2 amide bonds. The van der Waals surface area contributed by atoms with Crippen LogP contribution in [0, 0.1) is 6.92 Å². The zero-order chi connectivity index (χ0) is 21.3. The summed E-state index contributed by atoms with van der Waals surface area (Å²) in [5.74, 6) is -0.686. The smallest absolute Gasteiger partial charge is 0.308 e. The average molecular weight is 407 g/mol. The zero-order valence-electron chi connectivity index (χ0n) is 16.3. The lowest BCUT2D eigenvalue weighted by atomic mass is 10.0. The Bertz CT molecular complexity index is 1000. The monoisotopic (exact) mass is 407 g/mol. The van der Waals surface area contributed by atoms with Crippen LogP contribution in [0.2, 0.25) is 0 Å². The Kier molecular flexibility index (Phi) is 6.94. The second kappa shape index (κ2) is 10.0. The minimum atomic E-state index is -0.622. The summed E-state index contributed by atoms with van der Waals surface area (Å²) in [7, 11) is 0. The number of rotatable bonds is 8. The van der Waals surface area contributed by atoms with Gasteiger partial charge in [-0.25, -0.2) is 0 Å². The van der Waals surface area contributed by atoms with Crippen LogP contribution in [0.15, 0.2) is 71.3 Å². The molecule has 1 heterocycles. The van der Waals surface area contributed by atoms with Crippen molar-refractivity contribution in [2.45, 2.75) is 19.4 Å². The Hall–Kier alpha value is -3.94. The standard InChI is InChI=1S/C22H21N3O5/c1-15-12-19(25-30-15)24-20(26)14-29-21(27)13-18(16-8-4-2-5-9-16)23-22(28)17-10-6-3-7-11-17/h2-12,18H,13-14H2,1H3,(H,23,28)(H,24,25,26)/t18-/m1/s1. The van der Waals surface area contributed by atoms with E-state index in [2.05, 4.69) is 15.8 Å². The summed E-state index contributed by atoms with van der Waals surface area (Å²) in [5, 5.41) is 8.95. The molecule has 3 aromatic rings. The quantitative estimate of drug-likeness (QED) is 0.556. The first kappa shape index (κ1) is 20.8. The SMILES string of the molecule is Cc1cc(NC(=O)COC(=O)C[C@@H](NC(=O)c2ccccc2)c2ccccc2)no1. The third-order valence-corrected chi connectivity index (χ3v) is 4.17. The molecular weight excluding hydrogens is 386 g/mol. The minimum Gasteiger partial charge on any atom is -0.455 e. The fourth-order valence-electron chi connectivity index (χ4n) is 2.74. The number of benzene rings is 2. The van der Waals surface area contributed by atoms with Crippen LogP contribution in [0.1, 0.15) is 34.1 Å². The van der Waals surface area contributed by atoms with Crippen LogP contribution in [0.4, 0.5) is 5.82 Å². The van der Waals surface area contributed by atoms with Gasteiger partial charge in [0.05, 0.1) is 12.5 Å². The van der Waals surface area contributed by atoms with Crippen molar-refractivity contribution in [2.24, 2.45) is 0 Å². The van der Waals surface area contributed by atoms with E-state index < -0.39 is 24.5 Å². The van der Waals surface area contributed by atoms with E-state index in [1.807, 2.05) is 36.4 Å². The highest BCUT2D eigenvalue weighted by atomic mass is 16.5. The number of ether oxygens (including phenoxy) is 1. The number of esters is 1. The molecule has 0 aliphatic rings. The highest BCUT2D eigenvalue weighted by molar-refractivity contribution is 5.95. The number of carbonyl (C=O) groups excluding carboxylic acids is 3. The Balaban J connectivity index is 1.59. The van der Waals surface area contributed by atoms with Crippen molar-refractivity contribution in [1.82, 2.24) is 10.5 Å². The summed E-state index contributed by atoms with van der Waals surface area (Å²) < 4.78 is 9.91. The Morgan fingerprint density at radius 3 is 2.33 bits per heavy atom. The normalized spacial score (nSPS) is 11.4. The Morgan fingerprint density at radius 2 is 1.70 bits per heavy atom. The number of amides is 2. The van der Waals surface area contributed by atoms with Crippen molar-refractivity contribution in [1.29, 1.82) is 0 Å². The molecule has 0 radical (unpaired) electrons. The van der Waals surface area contributed by atoms with Crippen molar-refractivity contribution in [2.75, 3.05) is 11.9 Å². The van der Waals surface area contributed by atoms with Crippen LogP contribution in [0.3, 0.4) is 0 Å². The highest BCUT2D eigenvalue weighted by Crippen LogP contribution is 2.18. The highest BCUT2D eigenvalue weighted by Gasteiger charge is 2.21. The number of hydrogen-bond acceptors (Lipinski definition) is 6. The molecule has 30 heavy (non-hydrogen) atoms. The van der Waals surface area contributed by atoms with E-state index in [-0.39, 0.29) is 18.1 Å². The van der Waals surface area contributed by atoms with Crippen LogP contribution in [0.25, 0.3) is 0 Å². The molecule has 0 unspecified atom stereocenters. The first-order valence-electron chi connectivity index (χ1n) is 9.31. The van der Waals surface area contributed by atoms with Gasteiger partial charge < -0.3 is 19.9 Å². The second-order valence-corrected chi connectivity index (χ2v) is 6.54. The number of anilines is 1. The van der Waals surface area contributed by atoms with Gasteiger partial charge in [-0.3, -0.25) is 14.4 Å². The lowest BCUT2D eigenvalue weighted by Crippen LogP contribution is -2.31. The van der Waals surface area contributed by atoms with Gasteiger partial charge >= 0.3 is 5.97 Å². The molecule has 2 N–H and O–H groups in total. The molecule has 0 fully saturated rings. The molecule has 8 heteroatoms. The molecule has 0 saturated heterocycles. The summed E-state index contributed by atoms with van der Waals surface area (Å²) >= 11 is 0. The largest absolute Gasteiger partial charge is 0.455 e. The topological polar surface area (TPSA) is 111 Å². The van der Waals surface area contributed by atoms with Crippen LogP contribution in [-0.4, -0.2) is 29.5 Å². The van der Waals surface area contributed by atoms with Gasteiger partial charge in [-0.1, -0.05) is 53.7 Å². The summed E-state index contributed by atoms with van der Waals surface area (Å²) in [6, 6.07) is 18.7. The lowest BCUT2D eigenvalue weighted by molar-refractivity contribution is -0.147. The molecule has 154 valence electrons. The van der Waals surface area contributed by atoms with Crippen molar-refractivity contribution >= 4 is 23.6 Å². The average Bonchev–Trinajstić information content (AvgIpc) is 3.17. The van der Waals surface area contributed by atoms with Gasteiger partial charge in [-0.2, -0.15) is 0 Å². The van der Waals surface area contributed by atoms with E-state index in [0.717, 1.165) is 5.56 Å². The summed E-state index contributed by atoms with van der Waals surface area (Å²) in [6.45, 7) is 1.22. The minimum absolute atomic E-state index is 0.126. The molecule has 8 nitrogen and oxygen atoms in total. The van der Waals surface area contributed by atoms with Crippen molar-refractivity contribution in [3.63, 3.8) is 0 Å². The third kappa shape index (κ3) is 6.03. The molecule has 1 aromatic heterocycles. The van der Waals surface area contributed by atoms with Gasteiger partial charge in [0.15, 0.2) is 12.4 Å². The van der Waals surface area contributed by atoms with Gasteiger partial charge in [-0.05, 0) is 24.6 Å². The van der Waals surface area contributed by atoms with Crippen LogP contribution in [-0.2, 0) is 14.3 Å². The molecular formula is C22H21N3O5. The number of hydrogen-bond donors (Lipinski definition) is 2. The Morgan fingerprint density at radius 1 is 1.03 bits per heavy atom. The molecule has 0 bridgehead atoms. The van der Waals surface area contributed by atoms with Gasteiger partial charge in [-0.15, -0.1) is 0 Å². The molecule has 3 rings (SSSR count). The maximum absolute atomic E-state index is 12.5. The number of aryl methyl sites for hydroxylation is 1. The van der Waals surface area contributed by atoms with E-state index >= 15 is 0 Å². The van der Waals surface area contributed by atoms with E-state index in [4.69, 9.17) is 9.26 Å². The van der Waals surface area contributed by atoms with Crippen molar-refractivity contribution in [3.8, 4) is 0 Å². The summed E-state index contributed by atoms with van der Waals surface area (Å²) in [5.41, 5.74) is 1.23. The first-order chi connectivity index (χ1) is 14.5.